The number of carbonyl (C=O) groups is 1. The van der Waals surface area contributed by atoms with E-state index in [4.69, 9.17) is 0 Å². The Labute approximate surface area is 155 Å². The predicted molar refractivity (Wildman–Crippen MR) is 100 cm³/mol. The lowest BCUT2D eigenvalue weighted by molar-refractivity contribution is -0.132. The van der Waals surface area contributed by atoms with Gasteiger partial charge in [-0.2, -0.15) is 5.10 Å². The SMILES string of the molecule is Cn1ncc(NCCCC(=O)N2CCc3ccccc3C2)c(Br)c1=O. The molecule has 1 aromatic carbocycles. The number of carbonyl (C=O) groups excluding carboxylic acids is 1. The van der Waals surface area contributed by atoms with Gasteiger partial charge >= 0.3 is 0 Å². The molecule has 1 aliphatic rings. The number of aromatic nitrogens is 2. The topological polar surface area (TPSA) is 67.2 Å². The van der Waals surface area contributed by atoms with Crippen LogP contribution in [0.25, 0.3) is 0 Å². The Morgan fingerprint density at radius 1 is 1.32 bits per heavy atom. The number of nitrogens with zero attached hydrogens (tertiary/aromatic N) is 3. The molecule has 6 nitrogen and oxygen atoms in total. The highest BCUT2D eigenvalue weighted by atomic mass is 79.9. The second kappa shape index (κ2) is 7.82. The van der Waals surface area contributed by atoms with Crippen LogP contribution in [0.15, 0.2) is 39.7 Å². The molecule has 0 bridgehead atoms. The third-order valence-electron chi connectivity index (χ3n) is 4.44. The van der Waals surface area contributed by atoms with Crippen LogP contribution in [-0.4, -0.2) is 33.7 Å². The van der Waals surface area contributed by atoms with Crippen LogP contribution in [0.3, 0.4) is 0 Å². The number of benzene rings is 1. The molecule has 1 aromatic heterocycles. The second-order valence-corrected chi connectivity index (χ2v) is 6.96. The van der Waals surface area contributed by atoms with Gasteiger partial charge in [0.1, 0.15) is 4.47 Å². The molecule has 2 aromatic rings. The number of rotatable bonds is 5. The van der Waals surface area contributed by atoms with Crippen molar-refractivity contribution >= 4 is 27.5 Å². The van der Waals surface area contributed by atoms with Crippen molar-refractivity contribution < 1.29 is 4.79 Å². The number of fused-ring (bicyclic) bond motifs is 1. The number of amides is 1. The Hall–Kier alpha value is -2.15. The van der Waals surface area contributed by atoms with Crippen LogP contribution in [0.2, 0.25) is 0 Å². The van der Waals surface area contributed by atoms with E-state index in [-0.39, 0.29) is 11.5 Å². The molecule has 2 heterocycles. The van der Waals surface area contributed by atoms with Crippen LogP contribution in [0.4, 0.5) is 5.69 Å². The Balaban J connectivity index is 1.48. The minimum atomic E-state index is -0.187. The number of hydrogen-bond acceptors (Lipinski definition) is 4. The van der Waals surface area contributed by atoms with Crippen molar-refractivity contribution in [2.24, 2.45) is 7.05 Å². The highest BCUT2D eigenvalue weighted by molar-refractivity contribution is 9.10. The number of nitrogens with one attached hydrogen (secondary N) is 1. The Morgan fingerprint density at radius 3 is 2.88 bits per heavy atom. The normalized spacial score (nSPS) is 13.4. The van der Waals surface area contributed by atoms with Gasteiger partial charge in [0.15, 0.2) is 0 Å². The molecular formula is C18H21BrN4O2. The summed E-state index contributed by atoms with van der Waals surface area (Å²) in [5, 5.41) is 7.15. The van der Waals surface area contributed by atoms with Crippen LogP contribution < -0.4 is 10.9 Å². The summed E-state index contributed by atoms with van der Waals surface area (Å²) in [6.45, 7) is 2.10. The fraction of sp³-hybridized carbons (Fsp3) is 0.389. The predicted octanol–water partition coefficient (Wildman–Crippen LogP) is 2.32. The molecule has 0 unspecified atom stereocenters. The smallest absolute Gasteiger partial charge is 0.282 e. The Morgan fingerprint density at radius 2 is 2.08 bits per heavy atom. The molecule has 0 spiro atoms. The minimum absolute atomic E-state index is 0.178. The van der Waals surface area contributed by atoms with E-state index in [1.807, 2.05) is 17.0 Å². The van der Waals surface area contributed by atoms with Gasteiger partial charge in [-0.3, -0.25) is 9.59 Å². The Kier molecular flexibility index (Phi) is 5.53. The van der Waals surface area contributed by atoms with E-state index >= 15 is 0 Å². The summed E-state index contributed by atoms with van der Waals surface area (Å²) in [5.41, 5.74) is 3.06. The summed E-state index contributed by atoms with van der Waals surface area (Å²) in [5.74, 6) is 0.178. The molecule has 0 saturated heterocycles. The number of halogens is 1. The molecule has 3 rings (SSSR count). The maximum Gasteiger partial charge on any atom is 0.282 e. The lowest BCUT2D eigenvalue weighted by atomic mass is 9.99. The first kappa shape index (κ1) is 17.7. The van der Waals surface area contributed by atoms with Crippen molar-refractivity contribution in [2.45, 2.75) is 25.8 Å². The van der Waals surface area contributed by atoms with Crippen LogP contribution in [0.5, 0.6) is 0 Å². The van der Waals surface area contributed by atoms with Crippen LogP contribution in [0.1, 0.15) is 24.0 Å². The highest BCUT2D eigenvalue weighted by Crippen LogP contribution is 2.19. The molecule has 0 atom stereocenters. The molecule has 0 fully saturated rings. The van der Waals surface area contributed by atoms with E-state index in [1.165, 1.54) is 15.8 Å². The van der Waals surface area contributed by atoms with Crippen molar-refractivity contribution in [3.05, 3.63) is 56.4 Å². The fourth-order valence-corrected chi connectivity index (χ4v) is 3.46. The molecule has 132 valence electrons. The van der Waals surface area contributed by atoms with E-state index in [1.54, 1.807) is 13.2 Å². The summed E-state index contributed by atoms with van der Waals surface area (Å²) in [7, 11) is 1.60. The number of aryl methyl sites for hydroxylation is 1. The van der Waals surface area contributed by atoms with E-state index in [9.17, 15) is 9.59 Å². The molecule has 7 heteroatoms. The van der Waals surface area contributed by atoms with Crippen molar-refractivity contribution in [1.29, 1.82) is 0 Å². The number of hydrogen-bond donors (Lipinski definition) is 1. The molecule has 0 aliphatic carbocycles. The quantitative estimate of drug-likeness (QED) is 0.776. The fourth-order valence-electron chi connectivity index (χ4n) is 2.96. The van der Waals surface area contributed by atoms with Gasteiger partial charge in [-0.1, -0.05) is 24.3 Å². The summed E-state index contributed by atoms with van der Waals surface area (Å²) >= 11 is 3.28. The van der Waals surface area contributed by atoms with E-state index in [0.29, 0.717) is 36.1 Å². The zero-order chi connectivity index (χ0) is 17.8. The van der Waals surface area contributed by atoms with Crippen LogP contribution >= 0.6 is 15.9 Å². The number of anilines is 1. The molecule has 1 amide bonds. The molecule has 0 saturated carbocycles. The largest absolute Gasteiger partial charge is 0.383 e. The van der Waals surface area contributed by atoms with Crippen molar-refractivity contribution in [3.63, 3.8) is 0 Å². The van der Waals surface area contributed by atoms with Gasteiger partial charge in [0.25, 0.3) is 5.56 Å². The van der Waals surface area contributed by atoms with Crippen molar-refractivity contribution in [1.82, 2.24) is 14.7 Å². The minimum Gasteiger partial charge on any atom is -0.383 e. The summed E-state index contributed by atoms with van der Waals surface area (Å²) in [4.78, 5) is 26.1. The maximum absolute atomic E-state index is 12.4. The van der Waals surface area contributed by atoms with E-state index in [0.717, 1.165) is 13.0 Å². The summed E-state index contributed by atoms with van der Waals surface area (Å²) in [6, 6.07) is 8.30. The van der Waals surface area contributed by atoms with E-state index < -0.39 is 0 Å². The van der Waals surface area contributed by atoms with Crippen molar-refractivity contribution in [2.75, 3.05) is 18.4 Å². The van der Waals surface area contributed by atoms with Gasteiger partial charge in [0.2, 0.25) is 5.91 Å². The van der Waals surface area contributed by atoms with Gasteiger partial charge in [-0.25, -0.2) is 4.68 Å². The summed E-state index contributed by atoms with van der Waals surface area (Å²) in [6.07, 6.45) is 3.73. The second-order valence-electron chi connectivity index (χ2n) is 6.17. The zero-order valence-corrected chi connectivity index (χ0v) is 15.8. The zero-order valence-electron chi connectivity index (χ0n) is 14.2. The van der Waals surface area contributed by atoms with Gasteiger partial charge < -0.3 is 10.2 Å². The standard InChI is InChI=1S/C18H21BrN4O2/c1-22-18(25)17(19)15(11-21-22)20-9-4-7-16(24)23-10-8-13-5-2-3-6-14(13)12-23/h2-3,5-6,11,20H,4,7-10,12H2,1H3. The monoisotopic (exact) mass is 404 g/mol. The maximum atomic E-state index is 12.4. The summed E-state index contributed by atoms with van der Waals surface area (Å²) < 4.78 is 1.73. The van der Waals surface area contributed by atoms with Crippen molar-refractivity contribution in [3.8, 4) is 0 Å². The van der Waals surface area contributed by atoms with E-state index in [2.05, 4.69) is 38.5 Å². The average molecular weight is 405 g/mol. The first-order chi connectivity index (χ1) is 12.1. The van der Waals surface area contributed by atoms with Crippen LogP contribution in [0, 0.1) is 0 Å². The molecular weight excluding hydrogens is 384 g/mol. The lowest BCUT2D eigenvalue weighted by Crippen LogP contribution is -2.36. The third-order valence-corrected chi connectivity index (χ3v) is 5.21. The van der Waals surface area contributed by atoms with Gasteiger partial charge in [-0.05, 0) is 39.9 Å². The average Bonchev–Trinajstić information content (AvgIpc) is 2.64. The van der Waals surface area contributed by atoms with Gasteiger partial charge in [0.05, 0.1) is 11.9 Å². The Bertz CT molecular complexity index is 834. The highest BCUT2D eigenvalue weighted by Gasteiger charge is 2.19. The van der Waals surface area contributed by atoms with Gasteiger partial charge in [0, 0.05) is 33.1 Å². The molecule has 1 aliphatic heterocycles. The third kappa shape index (κ3) is 4.10. The molecule has 0 radical (unpaired) electrons. The molecule has 25 heavy (non-hydrogen) atoms. The first-order valence-electron chi connectivity index (χ1n) is 8.36. The van der Waals surface area contributed by atoms with Crippen LogP contribution in [-0.2, 0) is 24.8 Å². The molecule has 1 N–H and O–H groups in total. The van der Waals surface area contributed by atoms with Gasteiger partial charge in [-0.15, -0.1) is 0 Å². The lowest BCUT2D eigenvalue weighted by Gasteiger charge is -2.29. The first-order valence-corrected chi connectivity index (χ1v) is 9.16.